The van der Waals surface area contributed by atoms with Crippen LogP contribution in [0.15, 0.2) is 41.3 Å². The van der Waals surface area contributed by atoms with Gasteiger partial charge in [-0.25, -0.2) is 17.5 Å². The fourth-order valence-corrected chi connectivity index (χ4v) is 5.18. The minimum Gasteiger partial charge on any atom is -0.390 e. The summed E-state index contributed by atoms with van der Waals surface area (Å²) in [6.45, 7) is 4.62. The van der Waals surface area contributed by atoms with Gasteiger partial charge >= 0.3 is 0 Å². The van der Waals surface area contributed by atoms with Gasteiger partial charge in [-0.05, 0) is 38.8 Å². The average Bonchev–Trinajstić information content (AvgIpc) is 2.63. The van der Waals surface area contributed by atoms with Crippen molar-refractivity contribution in [1.29, 1.82) is 0 Å². The van der Waals surface area contributed by atoms with Crippen molar-refractivity contribution in [2.24, 2.45) is 0 Å². The van der Waals surface area contributed by atoms with Crippen LogP contribution in [0.2, 0.25) is 0 Å². The van der Waals surface area contributed by atoms with Gasteiger partial charge in [-0.3, -0.25) is 4.90 Å². The minimum absolute atomic E-state index is 0.0198. The minimum atomic E-state index is -3.86. The lowest BCUT2D eigenvalue weighted by Crippen LogP contribution is -2.49. The lowest BCUT2D eigenvalue weighted by Gasteiger charge is -2.40. The topological polar surface area (TPSA) is 69.6 Å². The summed E-state index contributed by atoms with van der Waals surface area (Å²) < 4.78 is 41.9. The molecule has 2 N–H and O–H groups in total. The van der Waals surface area contributed by atoms with E-state index < -0.39 is 21.9 Å². The Morgan fingerprint density at radius 2 is 1.78 bits per heavy atom. The second-order valence-electron chi connectivity index (χ2n) is 7.42. The Balaban J connectivity index is 1.71. The molecule has 1 saturated heterocycles. The quantitative estimate of drug-likeness (QED) is 0.790. The van der Waals surface area contributed by atoms with E-state index in [0.29, 0.717) is 24.0 Å². The van der Waals surface area contributed by atoms with E-state index in [1.54, 1.807) is 24.3 Å². The highest BCUT2D eigenvalue weighted by Gasteiger charge is 2.27. The van der Waals surface area contributed by atoms with Crippen LogP contribution in [-0.4, -0.2) is 49.7 Å². The van der Waals surface area contributed by atoms with Crippen molar-refractivity contribution in [3.63, 3.8) is 0 Å². The first kappa shape index (κ1) is 20.2. The first-order valence-electron chi connectivity index (χ1n) is 9.40. The van der Waals surface area contributed by atoms with E-state index in [1.165, 1.54) is 12.5 Å². The molecular weight excluding hydrogens is 367 g/mol. The van der Waals surface area contributed by atoms with Crippen LogP contribution in [0.25, 0.3) is 10.8 Å². The highest BCUT2D eigenvalue weighted by atomic mass is 32.2. The van der Waals surface area contributed by atoms with E-state index in [9.17, 15) is 17.9 Å². The summed E-state index contributed by atoms with van der Waals surface area (Å²) in [5.74, 6) is -0.461. The van der Waals surface area contributed by atoms with Crippen LogP contribution in [0.1, 0.15) is 33.1 Å². The first-order valence-corrected chi connectivity index (χ1v) is 10.9. The van der Waals surface area contributed by atoms with Gasteiger partial charge in [0.15, 0.2) is 0 Å². The summed E-state index contributed by atoms with van der Waals surface area (Å²) in [5.41, 5.74) is 0. The molecular formula is C20H27FN2O3S. The summed E-state index contributed by atoms with van der Waals surface area (Å²) >= 11 is 0. The Labute approximate surface area is 160 Å². The van der Waals surface area contributed by atoms with Crippen LogP contribution < -0.4 is 4.72 Å². The zero-order valence-corrected chi connectivity index (χ0v) is 16.5. The summed E-state index contributed by atoms with van der Waals surface area (Å²) in [4.78, 5) is 2.25. The standard InChI is InChI=1S/C20H27FN2O3S/c1-14-6-5-7-15(2)23(14)13-16(24)12-22-27(25,26)20-11-10-19(21)17-8-3-4-9-18(17)20/h3-4,8-11,14-16,22,24H,5-7,12-13H2,1-2H3/t14-,15+,16-/m1/s1. The van der Waals surface area contributed by atoms with E-state index in [4.69, 9.17) is 0 Å². The molecule has 3 atom stereocenters. The van der Waals surface area contributed by atoms with Crippen LogP contribution in [0.4, 0.5) is 4.39 Å². The van der Waals surface area contributed by atoms with Gasteiger partial charge in [-0.2, -0.15) is 0 Å². The molecule has 1 aliphatic rings. The molecule has 148 valence electrons. The van der Waals surface area contributed by atoms with Gasteiger partial charge in [0.25, 0.3) is 0 Å². The zero-order chi connectivity index (χ0) is 19.6. The molecule has 1 heterocycles. The van der Waals surface area contributed by atoms with Crippen molar-refractivity contribution in [1.82, 2.24) is 9.62 Å². The number of sulfonamides is 1. The highest BCUT2D eigenvalue weighted by Crippen LogP contribution is 2.25. The Hall–Kier alpha value is -1.54. The van der Waals surface area contributed by atoms with Crippen molar-refractivity contribution in [2.75, 3.05) is 13.1 Å². The fraction of sp³-hybridized carbons (Fsp3) is 0.500. The van der Waals surface area contributed by atoms with Gasteiger partial charge in [-0.1, -0.05) is 30.7 Å². The number of benzene rings is 2. The number of likely N-dealkylation sites (tertiary alicyclic amines) is 1. The molecule has 0 aliphatic carbocycles. The number of nitrogens with one attached hydrogen (secondary N) is 1. The maximum Gasteiger partial charge on any atom is 0.241 e. The molecule has 0 bridgehead atoms. The molecule has 0 unspecified atom stereocenters. The number of β-amino-alcohol motifs (C(OH)–C–C–N with tert-alkyl or cyclic N) is 1. The van der Waals surface area contributed by atoms with E-state index in [0.717, 1.165) is 18.9 Å². The fourth-order valence-electron chi connectivity index (χ4n) is 3.90. The second-order valence-corrected chi connectivity index (χ2v) is 9.16. The van der Waals surface area contributed by atoms with E-state index >= 15 is 0 Å². The number of aliphatic hydroxyl groups excluding tert-OH is 1. The molecule has 0 spiro atoms. The third-order valence-corrected chi connectivity index (χ3v) is 6.91. The monoisotopic (exact) mass is 394 g/mol. The van der Waals surface area contributed by atoms with Crippen LogP contribution >= 0.6 is 0 Å². The number of rotatable bonds is 6. The zero-order valence-electron chi connectivity index (χ0n) is 15.7. The van der Waals surface area contributed by atoms with E-state index in [2.05, 4.69) is 23.5 Å². The van der Waals surface area contributed by atoms with Gasteiger partial charge in [0.2, 0.25) is 10.0 Å². The normalized spacial score (nSPS) is 22.8. The summed E-state index contributed by atoms with van der Waals surface area (Å²) in [6, 6.07) is 9.65. The SMILES string of the molecule is C[C@@H]1CCC[C@H](C)N1C[C@H](O)CNS(=O)(=O)c1ccc(F)c2ccccc12. The lowest BCUT2D eigenvalue weighted by atomic mass is 9.97. The summed E-state index contributed by atoms with van der Waals surface area (Å²) in [7, 11) is -3.86. The van der Waals surface area contributed by atoms with Crippen LogP contribution in [0.5, 0.6) is 0 Å². The third-order valence-electron chi connectivity index (χ3n) is 5.43. The number of nitrogens with zero attached hydrogens (tertiary/aromatic N) is 1. The van der Waals surface area contributed by atoms with E-state index in [-0.39, 0.29) is 16.8 Å². The predicted octanol–water partition coefficient (Wildman–Crippen LogP) is 2.88. The van der Waals surface area contributed by atoms with Crippen molar-refractivity contribution in [2.45, 2.75) is 56.2 Å². The second kappa shape index (κ2) is 8.22. The Morgan fingerprint density at radius 3 is 2.44 bits per heavy atom. The van der Waals surface area contributed by atoms with Gasteiger partial charge in [0, 0.05) is 35.9 Å². The molecule has 0 aromatic heterocycles. The van der Waals surface area contributed by atoms with Gasteiger partial charge < -0.3 is 5.11 Å². The van der Waals surface area contributed by atoms with E-state index in [1.807, 2.05) is 0 Å². The van der Waals surface area contributed by atoms with Gasteiger partial charge in [0.05, 0.1) is 11.0 Å². The molecule has 2 aromatic rings. The van der Waals surface area contributed by atoms with Crippen LogP contribution in [-0.2, 0) is 10.0 Å². The van der Waals surface area contributed by atoms with Crippen LogP contribution in [0, 0.1) is 5.82 Å². The predicted molar refractivity (Wildman–Crippen MR) is 105 cm³/mol. The molecule has 5 nitrogen and oxygen atoms in total. The average molecular weight is 395 g/mol. The number of piperidine rings is 1. The van der Waals surface area contributed by atoms with Gasteiger partial charge in [-0.15, -0.1) is 0 Å². The number of hydrogen-bond acceptors (Lipinski definition) is 4. The molecule has 0 radical (unpaired) electrons. The lowest BCUT2D eigenvalue weighted by molar-refractivity contribution is 0.0438. The molecule has 3 rings (SSSR count). The van der Waals surface area contributed by atoms with Gasteiger partial charge in [0.1, 0.15) is 5.82 Å². The Morgan fingerprint density at radius 1 is 1.15 bits per heavy atom. The molecule has 7 heteroatoms. The summed E-state index contributed by atoms with van der Waals surface area (Å²) in [5, 5.41) is 11.0. The maximum atomic E-state index is 13.9. The van der Waals surface area contributed by atoms with Crippen molar-refractivity contribution in [3.05, 3.63) is 42.2 Å². The van der Waals surface area contributed by atoms with Crippen molar-refractivity contribution < 1.29 is 17.9 Å². The third kappa shape index (κ3) is 4.48. The molecule has 27 heavy (non-hydrogen) atoms. The molecule has 1 aliphatic heterocycles. The maximum absolute atomic E-state index is 13.9. The Bertz CT molecular complexity index is 893. The highest BCUT2D eigenvalue weighted by molar-refractivity contribution is 7.89. The summed E-state index contributed by atoms with van der Waals surface area (Å²) in [6.07, 6.45) is 2.54. The number of fused-ring (bicyclic) bond motifs is 1. The molecule has 0 amide bonds. The largest absolute Gasteiger partial charge is 0.390 e. The number of aliphatic hydroxyl groups is 1. The van der Waals surface area contributed by atoms with Crippen molar-refractivity contribution in [3.8, 4) is 0 Å². The number of hydrogen-bond donors (Lipinski definition) is 2. The Kier molecular flexibility index (Phi) is 6.15. The molecule has 1 fully saturated rings. The first-order chi connectivity index (χ1) is 12.8. The molecule has 2 aromatic carbocycles. The molecule has 0 saturated carbocycles. The van der Waals surface area contributed by atoms with Crippen molar-refractivity contribution >= 4 is 20.8 Å². The van der Waals surface area contributed by atoms with Crippen LogP contribution in [0.3, 0.4) is 0 Å². The number of halogens is 1. The smallest absolute Gasteiger partial charge is 0.241 e.